The molecule has 2 N–H and O–H groups in total. The van der Waals surface area contributed by atoms with Crippen molar-refractivity contribution < 1.29 is 10.0 Å². The van der Waals surface area contributed by atoms with Crippen molar-refractivity contribution in [3.63, 3.8) is 0 Å². The maximum Gasteiger partial charge on any atom is 0.311 e. The summed E-state index contributed by atoms with van der Waals surface area (Å²) in [7, 11) is 0. The molecule has 0 fully saturated rings. The minimum Gasteiger partial charge on any atom is -0.502 e. The van der Waals surface area contributed by atoms with Gasteiger partial charge in [-0.05, 0) is 29.8 Å². The smallest absolute Gasteiger partial charge is 0.311 e. The molecular weight excluding hydrogens is 334 g/mol. The van der Waals surface area contributed by atoms with Gasteiger partial charge < -0.3 is 10.1 Å². The molecule has 1 aromatic heterocycles. The molecule has 0 unspecified atom stereocenters. The molecule has 1 heterocycles. The number of nitrogens with zero attached hydrogens (tertiary/aromatic N) is 2. The predicted octanol–water partition coefficient (Wildman–Crippen LogP) is 3.27. The molecule has 0 bridgehead atoms. The summed E-state index contributed by atoms with van der Waals surface area (Å²) in [6.45, 7) is 0. The molecule has 0 aliphatic carbocycles. The Kier molecular flexibility index (Phi) is 4.01. The summed E-state index contributed by atoms with van der Waals surface area (Å²) >= 11 is 6.18. The number of benzene rings is 2. The Morgan fingerprint density at radius 1 is 1.29 bits per heavy atom. The van der Waals surface area contributed by atoms with Crippen molar-refractivity contribution in [1.29, 1.82) is 0 Å². The van der Waals surface area contributed by atoms with Crippen LogP contribution in [0.2, 0.25) is 0 Å². The number of nitro groups is 1. The minimum absolute atomic E-state index is 0.109. The average molecular weight is 344 g/mol. The molecule has 0 amide bonds. The van der Waals surface area contributed by atoms with Crippen molar-refractivity contribution in [3.05, 3.63) is 74.3 Å². The van der Waals surface area contributed by atoms with Gasteiger partial charge in [-0.1, -0.05) is 29.8 Å². The Bertz CT molecular complexity index is 1040. The predicted molar refractivity (Wildman–Crippen MR) is 90.8 cm³/mol. The van der Waals surface area contributed by atoms with Crippen LogP contribution in [0.4, 0.5) is 5.69 Å². The number of rotatable bonds is 3. The summed E-state index contributed by atoms with van der Waals surface area (Å²) < 4.78 is 0. The summed E-state index contributed by atoms with van der Waals surface area (Å²) in [5.41, 5.74) is 0.104. The highest BCUT2D eigenvalue weighted by atomic mass is 35.5. The van der Waals surface area contributed by atoms with E-state index in [4.69, 9.17) is 11.6 Å². The molecule has 120 valence electrons. The molecule has 24 heavy (non-hydrogen) atoms. The van der Waals surface area contributed by atoms with Crippen LogP contribution in [0, 0.1) is 10.1 Å². The fraction of sp³-hybridized carbons (Fsp3) is 0. The summed E-state index contributed by atoms with van der Waals surface area (Å²) in [4.78, 5) is 29.0. The number of H-pyrrole nitrogens is 1. The van der Waals surface area contributed by atoms with E-state index >= 15 is 0 Å². The number of hydrogen-bond acceptors (Lipinski definition) is 5. The number of nitro benzene ring substituents is 1. The fourth-order valence-corrected chi connectivity index (χ4v) is 2.41. The van der Waals surface area contributed by atoms with Gasteiger partial charge in [0.1, 0.15) is 0 Å². The van der Waals surface area contributed by atoms with Crippen molar-refractivity contribution in [1.82, 2.24) is 9.97 Å². The fourth-order valence-electron chi connectivity index (χ4n) is 2.19. The molecule has 0 radical (unpaired) electrons. The monoisotopic (exact) mass is 343 g/mol. The highest BCUT2D eigenvalue weighted by molar-refractivity contribution is 6.50. The van der Waals surface area contributed by atoms with E-state index < -0.39 is 16.4 Å². The van der Waals surface area contributed by atoms with E-state index in [1.807, 2.05) is 0 Å². The first-order valence-corrected chi connectivity index (χ1v) is 7.17. The maximum absolute atomic E-state index is 12.0. The van der Waals surface area contributed by atoms with Gasteiger partial charge in [0.25, 0.3) is 5.56 Å². The third-order valence-electron chi connectivity index (χ3n) is 3.33. The highest BCUT2D eigenvalue weighted by Gasteiger charge is 2.13. The molecule has 3 aromatic rings. The first-order chi connectivity index (χ1) is 11.5. The zero-order valence-corrected chi connectivity index (χ0v) is 12.8. The molecule has 0 aliphatic heterocycles. The van der Waals surface area contributed by atoms with Gasteiger partial charge in [0.05, 0.1) is 20.9 Å². The molecule has 0 spiro atoms. The molecule has 7 nitrogen and oxygen atoms in total. The van der Waals surface area contributed by atoms with Crippen molar-refractivity contribution in [2.24, 2.45) is 0 Å². The lowest BCUT2D eigenvalue weighted by Crippen LogP contribution is -2.10. The second-order valence-corrected chi connectivity index (χ2v) is 5.34. The zero-order chi connectivity index (χ0) is 17.3. The largest absolute Gasteiger partial charge is 0.502 e. The van der Waals surface area contributed by atoms with Crippen molar-refractivity contribution in [2.75, 3.05) is 0 Å². The van der Waals surface area contributed by atoms with E-state index in [0.29, 0.717) is 16.5 Å². The Morgan fingerprint density at radius 3 is 2.79 bits per heavy atom. The first kappa shape index (κ1) is 15.7. The van der Waals surface area contributed by atoms with Gasteiger partial charge in [-0.25, -0.2) is 4.98 Å². The van der Waals surface area contributed by atoms with Gasteiger partial charge in [-0.15, -0.1) is 0 Å². The molecule has 0 saturated heterocycles. The molecule has 8 heteroatoms. The number of fused-ring (bicyclic) bond motifs is 1. The number of aromatic amines is 1. The second kappa shape index (κ2) is 6.13. The Hall–Kier alpha value is -3.19. The van der Waals surface area contributed by atoms with Crippen LogP contribution in [0.1, 0.15) is 11.4 Å². The molecule has 0 aliphatic rings. The minimum atomic E-state index is -0.698. The average Bonchev–Trinajstić information content (AvgIpc) is 2.56. The van der Waals surface area contributed by atoms with Gasteiger partial charge in [0, 0.05) is 6.07 Å². The number of nitrogens with one attached hydrogen (secondary N) is 1. The van der Waals surface area contributed by atoms with E-state index in [2.05, 4.69) is 9.97 Å². The Balaban J connectivity index is 2.07. The van der Waals surface area contributed by atoms with Crippen LogP contribution in [-0.2, 0) is 0 Å². The van der Waals surface area contributed by atoms with Crippen LogP contribution in [0.3, 0.4) is 0 Å². The SMILES string of the molecule is O=c1[nH]c(/C(Cl)=C/c2ccc(O)c([N+](=O)[O-])c2)nc2ccccc12. The zero-order valence-electron chi connectivity index (χ0n) is 12.1. The lowest BCUT2D eigenvalue weighted by Gasteiger charge is -2.03. The van der Waals surface area contributed by atoms with Crippen molar-refractivity contribution >= 4 is 39.3 Å². The van der Waals surface area contributed by atoms with Gasteiger partial charge >= 0.3 is 5.69 Å². The van der Waals surface area contributed by atoms with Gasteiger partial charge in [0.2, 0.25) is 0 Å². The van der Waals surface area contributed by atoms with Crippen LogP contribution < -0.4 is 5.56 Å². The molecule has 0 saturated carbocycles. The van der Waals surface area contributed by atoms with E-state index in [1.165, 1.54) is 24.3 Å². The lowest BCUT2D eigenvalue weighted by atomic mass is 10.1. The molecular formula is C16H10ClN3O4. The first-order valence-electron chi connectivity index (χ1n) is 6.80. The van der Waals surface area contributed by atoms with E-state index in [0.717, 1.165) is 0 Å². The number of phenolic OH excluding ortho intramolecular Hbond substituents is 1. The third kappa shape index (κ3) is 2.97. The van der Waals surface area contributed by atoms with E-state index in [-0.39, 0.29) is 16.4 Å². The Morgan fingerprint density at radius 2 is 2.04 bits per heavy atom. The van der Waals surface area contributed by atoms with E-state index in [1.54, 1.807) is 24.3 Å². The summed E-state index contributed by atoms with van der Waals surface area (Å²) in [6.07, 6.45) is 1.42. The van der Waals surface area contributed by atoms with Gasteiger partial charge in [-0.2, -0.15) is 0 Å². The maximum atomic E-state index is 12.0. The van der Waals surface area contributed by atoms with Crippen LogP contribution in [-0.4, -0.2) is 20.0 Å². The van der Waals surface area contributed by atoms with Crippen molar-refractivity contribution in [3.8, 4) is 5.75 Å². The summed E-state index contributed by atoms with van der Waals surface area (Å²) in [6, 6.07) is 10.6. The molecule has 0 atom stereocenters. The van der Waals surface area contributed by atoms with Gasteiger partial charge in [-0.3, -0.25) is 14.9 Å². The number of aromatic nitrogens is 2. The number of para-hydroxylation sites is 1. The van der Waals surface area contributed by atoms with Crippen LogP contribution in [0.15, 0.2) is 47.3 Å². The summed E-state index contributed by atoms with van der Waals surface area (Å²) in [5, 5.41) is 20.9. The van der Waals surface area contributed by atoms with Gasteiger partial charge in [0.15, 0.2) is 11.6 Å². The van der Waals surface area contributed by atoms with E-state index in [9.17, 15) is 20.0 Å². The molecule has 2 aromatic carbocycles. The number of aromatic hydroxyl groups is 1. The normalized spacial score (nSPS) is 11.6. The topological polar surface area (TPSA) is 109 Å². The Labute approximate surface area is 140 Å². The standard InChI is InChI=1S/C16H10ClN3O4/c17-11(7-9-5-6-14(21)13(8-9)20(23)24)15-18-12-4-2-1-3-10(12)16(22)19-15/h1-8,21H,(H,18,19,22)/b11-7-. The van der Waals surface area contributed by atoms with Crippen LogP contribution >= 0.6 is 11.6 Å². The van der Waals surface area contributed by atoms with Crippen LogP contribution in [0.25, 0.3) is 22.0 Å². The number of halogens is 1. The molecule has 3 rings (SSSR count). The lowest BCUT2D eigenvalue weighted by molar-refractivity contribution is -0.385. The third-order valence-corrected chi connectivity index (χ3v) is 3.62. The second-order valence-electron chi connectivity index (χ2n) is 4.93. The number of phenols is 1. The number of hydrogen-bond donors (Lipinski definition) is 2. The highest BCUT2D eigenvalue weighted by Crippen LogP contribution is 2.28. The van der Waals surface area contributed by atoms with Crippen molar-refractivity contribution in [2.45, 2.75) is 0 Å². The quantitative estimate of drug-likeness (QED) is 0.560. The summed E-state index contributed by atoms with van der Waals surface area (Å²) in [5.74, 6) is -0.290. The van der Waals surface area contributed by atoms with Crippen LogP contribution in [0.5, 0.6) is 5.75 Å².